The Morgan fingerprint density at radius 1 is 1.38 bits per heavy atom. The molecule has 0 aromatic carbocycles. The summed E-state index contributed by atoms with van der Waals surface area (Å²) in [5.74, 6) is 3.93. The molecule has 1 fully saturated rings. The molecular formula is C10H14N2S. The van der Waals surface area contributed by atoms with Gasteiger partial charge in [0.1, 0.15) is 5.82 Å². The molecule has 2 nitrogen and oxygen atoms in total. The molecule has 1 saturated heterocycles. The van der Waals surface area contributed by atoms with Crippen molar-refractivity contribution >= 4 is 17.6 Å². The zero-order chi connectivity index (χ0) is 9.10. The van der Waals surface area contributed by atoms with Gasteiger partial charge >= 0.3 is 0 Å². The highest BCUT2D eigenvalue weighted by Crippen LogP contribution is 2.31. The van der Waals surface area contributed by atoms with Crippen molar-refractivity contribution < 1.29 is 0 Å². The van der Waals surface area contributed by atoms with Crippen LogP contribution in [-0.4, -0.2) is 16.5 Å². The van der Waals surface area contributed by atoms with E-state index in [2.05, 4.69) is 22.8 Å². The summed E-state index contributed by atoms with van der Waals surface area (Å²) in [5, 5.41) is 0. The minimum absolute atomic E-state index is 0.649. The number of nitrogens with zero attached hydrogens (tertiary/aromatic N) is 1. The van der Waals surface area contributed by atoms with Crippen LogP contribution in [0.15, 0.2) is 18.3 Å². The van der Waals surface area contributed by atoms with E-state index in [1.165, 1.54) is 29.9 Å². The van der Waals surface area contributed by atoms with Crippen molar-refractivity contribution in [2.24, 2.45) is 0 Å². The van der Waals surface area contributed by atoms with Crippen LogP contribution in [0.1, 0.15) is 24.3 Å². The molecule has 2 N–H and O–H groups in total. The molecule has 0 spiro atoms. The summed E-state index contributed by atoms with van der Waals surface area (Å²) in [6, 6.07) is 4.11. The first-order valence-corrected chi connectivity index (χ1v) is 5.81. The standard InChI is InChI=1S/C10H14N2S/c11-10-7-9(1-4-12-10)8-2-5-13-6-3-8/h1,4,7-8H,2-3,5-6H2,(H2,11,12). The Balaban J connectivity index is 2.14. The Labute approximate surface area is 82.9 Å². The number of rotatable bonds is 1. The van der Waals surface area contributed by atoms with E-state index in [1.54, 1.807) is 0 Å². The van der Waals surface area contributed by atoms with Crippen LogP contribution in [0.4, 0.5) is 5.82 Å². The number of aromatic nitrogens is 1. The zero-order valence-electron chi connectivity index (χ0n) is 7.57. The van der Waals surface area contributed by atoms with Crippen LogP contribution in [0.25, 0.3) is 0 Å². The minimum atomic E-state index is 0.649. The molecule has 2 heterocycles. The zero-order valence-corrected chi connectivity index (χ0v) is 8.39. The maximum atomic E-state index is 5.65. The predicted molar refractivity (Wildman–Crippen MR) is 57.9 cm³/mol. The number of nitrogens with two attached hydrogens (primary N) is 1. The van der Waals surface area contributed by atoms with Gasteiger partial charge in [-0.25, -0.2) is 4.98 Å². The average Bonchev–Trinajstić information content (AvgIpc) is 2.19. The first kappa shape index (κ1) is 8.88. The van der Waals surface area contributed by atoms with Crippen LogP contribution < -0.4 is 5.73 Å². The second kappa shape index (κ2) is 4.01. The quantitative estimate of drug-likeness (QED) is 0.745. The number of hydrogen-bond donors (Lipinski definition) is 1. The molecule has 1 aliphatic heterocycles. The van der Waals surface area contributed by atoms with E-state index < -0.39 is 0 Å². The van der Waals surface area contributed by atoms with E-state index in [0.717, 1.165) is 0 Å². The van der Waals surface area contributed by atoms with Gasteiger partial charge in [0.05, 0.1) is 0 Å². The van der Waals surface area contributed by atoms with E-state index >= 15 is 0 Å². The smallest absolute Gasteiger partial charge is 0.123 e. The highest BCUT2D eigenvalue weighted by molar-refractivity contribution is 7.99. The molecule has 2 rings (SSSR count). The molecule has 0 amide bonds. The van der Waals surface area contributed by atoms with Crippen LogP contribution in [0, 0.1) is 0 Å². The van der Waals surface area contributed by atoms with Crippen molar-refractivity contribution in [3.8, 4) is 0 Å². The topological polar surface area (TPSA) is 38.9 Å². The van der Waals surface area contributed by atoms with Crippen LogP contribution in [-0.2, 0) is 0 Å². The summed E-state index contributed by atoms with van der Waals surface area (Å²) in [4.78, 5) is 4.01. The molecular weight excluding hydrogens is 180 g/mol. The lowest BCUT2D eigenvalue weighted by Crippen LogP contribution is -2.08. The lowest BCUT2D eigenvalue weighted by molar-refractivity contribution is 0.637. The summed E-state index contributed by atoms with van der Waals surface area (Å²) in [5.41, 5.74) is 7.02. The Morgan fingerprint density at radius 2 is 2.15 bits per heavy atom. The van der Waals surface area contributed by atoms with E-state index in [0.29, 0.717) is 11.7 Å². The predicted octanol–water partition coefficient (Wildman–Crippen LogP) is 2.27. The molecule has 1 aliphatic rings. The van der Waals surface area contributed by atoms with Gasteiger partial charge in [0.15, 0.2) is 0 Å². The second-order valence-electron chi connectivity index (χ2n) is 3.40. The van der Waals surface area contributed by atoms with Crippen molar-refractivity contribution in [1.29, 1.82) is 0 Å². The van der Waals surface area contributed by atoms with Gasteiger partial charge in [0.25, 0.3) is 0 Å². The van der Waals surface area contributed by atoms with E-state index in [-0.39, 0.29) is 0 Å². The van der Waals surface area contributed by atoms with Gasteiger partial charge in [-0.3, -0.25) is 0 Å². The second-order valence-corrected chi connectivity index (χ2v) is 4.63. The normalized spacial score (nSPS) is 18.8. The summed E-state index contributed by atoms with van der Waals surface area (Å²) in [6.07, 6.45) is 4.38. The Hall–Kier alpha value is -0.700. The van der Waals surface area contributed by atoms with Crippen molar-refractivity contribution in [3.05, 3.63) is 23.9 Å². The van der Waals surface area contributed by atoms with E-state index in [9.17, 15) is 0 Å². The first-order chi connectivity index (χ1) is 6.36. The van der Waals surface area contributed by atoms with Gasteiger partial charge in [-0.1, -0.05) is 0 Å². The maximum absolute atomic E-state index is 5.65. The molecule has 1 aromatic heterocycles. The molecule has 0 atom stereocenters. The molecule has 1 aromatic rings. The number of nitrogen functional groups attached to an aromatic ring is 1. The largest absolute Gasteiger partial charge is 0.384 e. The van der Waals surface area contributed by atoms with Crippen molar-refractivity contribution in [1.82, 2.24) is 4.98 Å². The highest BCUT2D eigenvalue weighted by Gasteiger charge is 2.15. The number of anilines is 1. The molecule has 0 radical (unpaired) electrons. The first-order valence-electron chi connectivity index (χ1n) is 4.65. The molecule has 70 valence electrons. The number of pyridine rings is 1. The van der Waals surface area contributed by atoms with Crippen molar-refractivity contribution in [2.45, 2.75) is 18.8 Å². The van der Waals surface area contributed by atoms with Gasteiger partial charge < -0.3 is 5.73 Å². The Morgan fingerprint density at radius 3 is 2.85 bits per heavy atom. The lowest BCUT2D eigenvalue weighted by Gasteiger charge is -2.21. The Kier molecular flexibility index (Phi) is 2.74. The summed E-state index contributed by atoms with van der Waals surface area (Å²) < 4.78 is 0. The fraction of sp³-hybridized carbons (Fsp3) is 0.500. The minimum Gasteiger partial charge on any atom is -0.384 e. The highest BCUT2D eigenvalue weighted by atomic mass is 32.2. The van der Waals surface area contributed by atoms with Crippen LogP contribution in [0.5, 0.6) is 0 Å². The van der Waals surface area contributed by atoms with Crippen molar-refractivity contribution in [2.75, 3.05) is 17.2 Å². The van der Waals surface area contributed by atoms with Crippen LogP contribution >= 0.6 is 11.8 Å². The third-order valence-electron chi connectivity index (χ3n) is 2.50. The third-order valence-corrected chi connectivity index (χ3v) is 3.55. The van der Waals surface area contributed by atoms with Gasteiger partial charge in [-0.2, -0.15) is 11.8 Å². The maximum Gasteiger partial charge on any atom is 0.123 e. The average molecular weight is 194 g/mol. The molecule has 0 aliphatic carbocycles. The van der Waals surface area contributed by atoms with E-state index in [4.69, 9.17) is 5.73 Å². The Bertz CT molecular complexity index is 282. The van der Waals surface area contributed by atoms with Gasteiger partial charge in [0, 0.05) is 6.20 Å². The monoisotopic (exact) mass is 194 g/mol. The molecule has 0 unspecified atom stereocenters. The fourth-order valence-corrected chi connectivity index (χ4v) is 2.86. The third kappa shape index (κ3) is 2.15. The van der Waals surface area contributed by atoms with Crippen LogP contribution in [0.3, 0.4) is 0 Å². The summed E-state index contributed by atoms with van der Waals surface area (Å²) >= 11 is 2.05. The molecule has 13 heavy (non-hydrogen) atoms. The van der Waals surface area contributed by atoms with Gasteiger partial charge in [0.2, 0.25) is 0 Å². The van der Waals surface area contributed by atoms with Gasteiger partial charge in [-0.15, -0.1) is 0 Å². The molecule has 0 bridgehead atoms. The van der Waals surface area contributed by atoms with Gasteiger partial charge in [-0.05, 0) is 48.0 Å². The lowest BCUT2D eigenvalue weighted by atomic mass is 9.94. The number of thioether (sulfide) groups is 1. The summed E-state index contributed by atoms with van der Waals surface area (Å²) in [6.45, 7) is 0. The fourth-order valence-electron chi connectivity index (χ4n) is 1.75. The summed E-state index contributed by atoms with van der Waals surface area (Å²) in [7, 11) is 0. The van der Waals surface area contributed by atoms with E-state index in [1.807, 2.05) is 12.3 Å². The molecule has 0 saturated carbocycles. The number of hydrogen-bond acceptors (Lipinski definition) is 3. The van der Waals surface area contributed by atoms with Crippen molar-refractivity contribution in [3.63, 3.8) is 0 Å². The SMILES string of the molecule is Nc1cc(C2CCSCC2)ccn1. The van der Waals surface area contributed by atoms with Crippen LogP contribution in [0.2, 0.25) is 0 Å². The molecule has 3 heteroatoms.